The van der Waals surface area contributed by atoms with Crippen molar-refractivity contribution in [1.82, 2.24) is 10.3 Å². The maximum Gasteiger partial charge on any atom is 0.424 e. The molecule has 1 amide bonds. The molecule has 220 valence electrons. The number of carbonyl (C=O) groups excluding carboxylic acids is 1. The number of aliphatic hydroxyl groups excluding tert-OH is 1. The third kappa shape index (κ3) is 5.78. The summed E-state index contributed by atoms with van der Waals surface area (Å²) < 4.78 is 67.8. The summed E-state index contributed by atoms with van der Waals surface area (Å²) in [5, 5.41) is 22.3. The van der Waals surface area contributed by atoms with Crippen LogP contribution in [0.5, 0.6) is 11.5 Å². The molecule has 4 rings (SSSR count). The molecule has 0 spiro atoms. The lowest BCUT2D eigenvalue weighted by atomic mass is 9.89. The molecule has 0 saturated carbocycles. The van der Waals surface area contributed by atoms with Crippen molar-refractivity contribution in [2.24, 2.45) is 5.73 Å². The molecule has 2 atom stereocenters. The van der Waals surface area contributed by atoms with Gasteiger partial charge in [0.1, 0.15) is 12.4 Å². The van der Waals surface area contributed by atoms with Gasteiger partial charge in [0.2, 0.25) is 5.60 Å². The lowest BCUT2D eigenvalue weighted by molar-refractivity contribution is -0.265. The quantitative estimate of drug-likeness (QED) is 0.285. The Bertz CT molecular complexity index is 1430. The molecule has 2 aromatic carbocycles. The molecule has 0 fully saturated rings. The van der Waals surface area contributed by atoms with E-state index in [4.69, 9.17) is 20.3 Å². The Morgan fingerprint density at radius 1 is 1.17 bits per heavy atom. The van der Waals surface area contributed by atoms with Crippen LogP contribution in [0, 0.1) is 5.82 Å². The van der Waals surface area contributed by atoms with E-state index in [-0.39, 0.29) is 42.5 Å². The molecule has 3 aromatic rings. The number of benzene rings is 2. The predicted molar refractivity (Wildman–Crippen MR) is 142 cm³/mol. The van der Waals surface area contributed by atoms with E-state index in [1.54, 1.807) is 18.9 Å². The average molecular weight is 579 g/mol. The van der Waals surface area contributed by atoms with Gasteiger partial charge in [-0.2, -0.15) is 13.2 Å². The zero-order chi connectivity index (χ0) is 30.2. The van der Waals surface area contributed by atoms with Gasteiger partial charge in [0, 0.05) is 30.3 Å². The maximum absolute atomic E-state index is 14.6. The zero-order valence-electron chi connectivity index (χ0n) is 22.6. The van der Waals surface area contributed by atoms with E-state index < -0.39 is 41.3 Å². The predicted octanol–water partition coefficient (Wildman–Crippen LogP) is 3.07. The summed E-state index contributed by atoms with van der Waals surface area (Å²) in [6.07, 6.45) is -5.27. The van der Waals surface area contributed by atoms with Crippen LogP contribution in [-0.4, -0.2) is 67.7 Å². The molecule has 2 unspecified atom stereocenters. The number of ether oxygens (including phenoxy) is 2. The highest BCUT2D eigenvalue weighted by molar-refractivity contribution is 5.95. The second-order valence-electron chi connectivity index (χ2n) is 10.0. The Kier molecular flexibility index (Phi) is 8.16. The van der Waals surface area contributed by atoms with Crippen molar-refractivity contribution in [3.63, 3.8) is 0 Å². The van der Waals surface area contributed by atoms with Crippen LogP contribution in [0.1, 0.15) is 28.5 Å². The zero-order valence-corrected chi connectivity index (χ0v) is 22.6. The first-order valence-electron chi connectivity index (χ1n) is 12.5. The molecule has 0 bridgehead atoms. The van der Waals surface area contributed by atoms with Gasteiger partial charge in [-0.3, -0.25) is 4.79 Å². The normalized spacial score (nSPS) is 18.0. The highest BCUT2D eigenvalue weighted by atomic mass is 19.4. The van der Waals surface area contributed by atoms with Crippen LogP contribution in [0.4, 0.5) is 23.2 Å². The number of nitrogens with one attached hydrogen (secondary N) is 1. The fourth-order valence-corrected chi connectivity index (χ4v) is 4.77. The number of halogens is 4. The first kappa shape index (κ1) is 30.0. The number of aliphatic hydroxyl groups is 2. The first-order chi connectivity index (χ1) is 19.2. The molecule has 5 N–H and O–H groups in total. The van der Waals surface area contributed by atoms with E-state index in [0.29, 0.717) is 16.8 Å². The number of nitrogens with zero attached hydrogens (tertiary/aromatic N) is 2. The van der Waals surface area contributed by atoms with Crippen molar-refractivity contribution in [3.05, 3.63) is 71.2 Å². The van der Waals surface area contributed by atoms with Crippen molar-refractivity contribution in [2.45, 2.75) is 24.2 Å². The average Bonchev–Trinajstić information content (AvgIpc) is 3.17. The molecule has 1 aliphatic rings. The summed E-state index contributed by atoms with van der Waals surface area (Å²) in [4.78, 5) is 18.8. The summed E-state index contributed by atoms with van der Waals surface area (Å²) in [6, 6.07) is 10.1. The van der Waals surface area contributed by atoms with Gasteiger partial charge in [-0.15, -0.1) is 0 Å². The third-order valence-corrected chi connectivity index (χ3v) is 6.85. The van der Waals surface area contributed by atoms with Crippen LogP contribution in [0.3, 0.4) is 0 Å². The van der Waals surface area contributed by atoms with Crippen molar-refractivity contribution >= 4 is 11.6 Å². The van der Waals surface area contributed by atoms with Crippen molar-refractivity contribution < 1.29 is 42.0 Å². The lowest BCUT2D eigenvalue weighted by Crippen LogP contribution is -2.51. The number of amides is 1. The summed E-state index contributed by atoms with van der Waals surface area (Å²) >= 11 is 0. The largest absolute Gasteiger partial charge is 0.493 e. The van der Waals surface area contributed by atoms with E-state index in [1.165, 1.54) is 37.4 Å². The van der Waals surface area contributed by atoms with Crippen molar-refractivity contribution in [1.29, 1.82) is 0 Å². The molecular weight excluding hydrogens is 548 g/mol. The number of pyridine rings is 1. The number of fused-ring (bicyclic) bond motifs is 1. The Labute approximate surface area is 233 Å². The van der Waals surface area contributed by atoms with E-state index >= 15 is 0 Å². The van der Waals surface area contributed by atoms with E-state index in [9.17, 15) is 27.5 Å². The minimum atomic E-state index is -5.27. The minimum absolute atomic E-state index is 0.0359. The van der Waals surface area contributed by atoms with Gasteiger partial charge in [0.15, 0.2) is 11.5 Å². The number of likely N-dealkylation sites (N-methyl/N-ethyl adjacent to an activating group) is 1. The van der Waals surface area contributed by atoms with Crippen LogP contribution in [0.15, 0.2) is 48.5 Å². The molecule has 41 heavy (non-hydrogen) atoms. The number of carbonyl (C=O) groups is 1. The lowest BCUT2D eigenvalue weighted by Gasteiger charge is -2.32. The molecule has 2 heterocycles. The smallest absolute Gasteiger partial charge is 0.424 e. The topological polar surface area (TPSA) is 130 Å². The van der Waals surface area contributed by atoms with Gasteiger partial charge in [-0.05, 0) is 55.5 Å². The Morgan fingerprint density at radius 3 is 2.46 bits per heavy atom. The Hall–Kier alpha value is -3.94. The molecular formula is C28H30F4N4O5. The third-order valence-electron chi connectivity index (χ3n) is 6.85. The standard InChI is InChI=1S/C28H30F4N4O5/c1-26(33)15-36(2)24-19(26)13-22(35-23(24)16-4-7-18(29)8-5-16)27(39,28(30,31)32)14-34-25(38)17-6-9-20(41-11-10-37)21(12-17)40-3/h4-9,12-13,37,39H,10-11,14-15,33H2,1-3H3,(H,34,38). The van der Waals surface area contributed by atoms with Crippen LogP contribution in [0.2, 0.25) is 0 Å². The van der Waals surface area contributed by atoms with E-state index in [2.05, 4.69) is 10.3 Å². The molecule has 1 aliphatic heterocycles. The fourth-order valence-electron chi connectivity index (χ4n) is 4.77. The SMILES string of the molecule is COc1cc(C(=O)NCC(O)(c2cc3c(c(-c4ccc(F)cc4)n2)N(C)CC3(C)N)C(F)(F)F)ccc1OCCO. The number of hydrogen-bond donors (Lipinski definition) is 4. The summed E-state index contributed by atoms with van der Waals surface area (Å²) in [7, 11) is 3.02. The molecule has 0 radical (unpaired) electrons. The van der Waals surface area contributed by atoms with Gasteiger partial charge >= 0.3 is 6.18 Å². The van der Waals surface area contributed by atoms with Crippen molar-refractivity contribution in [3.8, 4) is 22.8 Å². The van der Waals surface area contributed by atoms with Gasteiger partial charge < -0.3 is 35.6 Å². The second-order valence-corrected chi connectivity index (χ2v) is 10.0. The number of nitrogens with two attached hydrogens (primary N) is 1. The van der Waals surface area contributed by atoms with Crippen LogP contribution in [0.25, 0.3) is 11.3 Å². The van der Waals surface area contributed by atoms with E-state index in [1.807, 2.05) is 0 Å². The molecule has 0 saturated heterocycles. The summed E-state index contributed by atoms with van der Waals surface area (Å²) in [6.45, 7) is 0.324. The Balaban J connectivity index is 1.74. The number of methoxy groups -OCH3 is 1. The van der Waals surface area contributed by atoms with Crippen LogP contribution in [-0.2, 0) is 11.1 Å². The number of alkyl halides is 3. The monoisotopic (exact) mass is 578 g/mol. The van der Waals surface area contributed by atoms with Gasteiger partial charge in [-0.1, -0.05) is 0 Å². The van der Waals surface area contributed by atoms with Gasteiger partial charge in [-0.25, -0.2) is 9.37 Å². The molecule has 0 aliphatic carbocycles. The van der Waals surface area contributed by atoms with Gasteiger partial charge in [0.05, 0.1) is 42.9 Å². The summed E-state index contributed by atoms with van der Waals surface area (Å²) in [5.74, 6) is -1.14. The minimum Gasteiger partial charge on any atom is -0.493 e. The number of aromatic nitrogens is 1. The molecule has 13 heteroatoms. The second kappa shape index (κ2) is 11.1. The van der Waals surface area contributed by atoms with Gasteiger partial charge in [0.25, 0.3) is 5.91 Å². The molecule has 1 aromatic heterocycles. The first-order valence-corrected chi connectivity index (χ1v) is 12.5. The summed E-state index contributed by atoms with van der Waals surface area (Å²) in [5.41, 5.74) is 2.05. The highest BCUT2D eigenvalue weighted by Gasteiger charge is 2.57. The van der Waals surface area contributed by atoms with Crippen LogP contribution < -0.4 is 25.4 Å². The maximum atomic E-state index is 14.6. The highest BCUT2D eigenvalue weighted by Crippen LogP contribution is 2.46. The van der Waals surface area contributed by atoms with Crippen LogP contribution >= 0.6 is 0 Å². The molecule has 9 nitrogen and oxygen atoms in total. The fraction of sp³-hybridized carbons (Fsp3) is 0.357. The number of rotatable bonds is 9. The Morgan fingerprint density at radius 2 is 1.85 bits per heavy atom. The van der Waals surface area contributed by atoms with Crippen molar-refractivity contribution in [2.75, 3.05) is 45.4 Å². The van der Waals surface area contributed by atoms with E-state index in [0.717, 1.165) is 18.2 Å². The number of anilines is 1. The number of hydrogen-bond acceptors (Lipinski definition) is 8.